The molecule has 1 aliphatic heterocycles. The summed E-state index contributed by atoms with van der Waals surface area (Å²) in [7, 11) is 5.74. The van der Waals surface area contributed by atoms with E-state index < -0.39 is 0 Å². The molecule has 2 aromatic rings. The van der Waals surface area contributed by atoms with Crippen LogP contribution in [0.15, 0.2) is 30.6 Å². The van der Waals surface area contributed by atoms with Crippen LogP contribution in [0.4, 0.5) is 5.69 Å². The van der Waals surface area contributed by atoms with Gasteiger partial charge in [-0.2, -0.15) is 0 Å². The van der Waals surface area contributed by atoms with Crippen LogP contribution in [0, 0.1) is 0 Å². The molecular formula is C27H42N4O2. The fourth-order valence-corrected chi connectivity index (χ4v) is 4.84. The number of aromatic nitrogens is 2. The van der Waals surface area contributed by atoms with E-state index in [0.29, 0.717) is 17.9 Å². The van der Waals surface area contributed by atoms with E-state index >= 15 is 0 Å². The normalized spacial score (nSPS) is 20.2. The Hall–Kier alpha value is -2.02. The van der Waals surface area contributed by atoms with E-state index in [1.807, 2.05) is 18.5 Å². The monoisotopic (exact) mass is 454 g/mol. The molecular weight excluding hydrogens is 412 g/mol. The number of hydrogen-bond acceptors (Lipinski definition) is 6. The highest BCUT2D eigenvalue weighted by Gasteiger charge is 2.28. The lowest BCUT2D eigenvalue weighted by atomic mass is 9.90. The molecule has 0 amide bonds. The molecule has 6 nitrogen and oxygen atoms in total. The molecule has 0 spiro atoms. The molecule has 3 rings (SSSR count). The summed E-state index contributed by atoms with van der Waals surface area (Å²) in [6, 6.07) is 7.03. The molecule has 1 fully saturated rings. The maximum absolute atomic E-state index is 5.58. The first-order valence-corrected chi connectivity index (χ1v) is 12.2. The molecule has 6 heteroatoms. The molecule has 1 aliphatic rings. The second-order valence-corrected chi connectivity index (χ2v) is 9.77. The maximum Gasteiger partial charge on any atom is 0.0965 e. The van der Waals surface area contributed by atoms with Gasteiger partial charge in [-0.15, -0.1) is 0 Å². The molecule has 182 valence electrons. The van der Waals surface area contributed by atoms with Crippen LogP contribution >= 0.6 is 0 Å². The third-order valence-electron chi connectivity index (χ3n) is 7.20. The SMILES string of the molecule is COC(C)c1ncc(N2CCN(C)C(CC(C)c3cccnc3C(C)OC)C2)cc1C(C)C. The second-order valence-electron chi connectivity index (χ2n) is 9.77. The summed E-state index contributed by atoms with van der Waals surface area (Å²) < 4.78 is 11.1. The fourth-order valence-electron chi connectivity index (χ4n) is 4.84. The van der Waals surface area contributed by atoms with Gasteiger partial charge in [0.2, 0.25) is 0 Å². The number of hydrogen-bond donors (Lipinski definition) is 0. The summed E-state index contributed by atoms with van der Waals surface area (Å²) in [6.45, 7) is 14.0. The highest BCUT2D eigenvalue weighted by Crippen LogP contribution is 2.32. The average molecular weight is 455 g/mol. The van der Waals surface area contributed by atoms with Crippen LogP contribution in [-0.4, -0.2) is 61.8 Å². The fraction of sp³-hybridized carbons (Fsp3) is 0.630. The summed E-state index contributed by atoms with van der Waals surface area (Å²) >= 11 is 0. The lowest BCUT2D eigenvalue weighted by Gasteiger charge is -2.42. The van der Waals surface area contributed by atoms with Crippen molar-refractivity contribution in [2.24, 2.45) is 0 Å². The number of pyridine rings is 2. The van der Waals surface area contributed by atoms with Gasteiger partial charge in [0, 0.05) is 46.1 Å². The lowest BCUT2D eigenvalue weighted by Crippen LogP contribution is -2.52. The third-order valence-corrected chi connectivity index (χ3v) is 7.20. The minimum absolute atomic E-state index is 0.000655. The van der Waals surface area contributed by atoms with Crippen molar-refractivity contribution in [2.45, 2.75) is 71.1 Å². The average Bonchev–Trinajstić information content (AvgIpc) is 2.83. The second kappa shape index (κ2) is 11.4. The van der Waals surface area contributed by atoms with E-state index in [0.717, 1.165) is 37.4 Å². The zero-order valence-electron chi connectivity index (χ0n) is 21.7. The van der Waals surface area contributed by atoms with Crippen LogP contribution in [0.3, 0.4) is 0 Å². The predicted molar refractivity (Wildman–Crippen MR) is 135 cm³/mol. The predicted octanol–water partition coefficient (Wildman–Crippen LogP) is 5.33. The molecule has 3 heterocycles. The van der Waals surface area contributed by atoms with Crippen LogP contribution in [0.5, 0.6) is 0 Å². The first-order valence-electron chi connectivity index (χ1n) is 12.2. The summed E-state index contributed by atoms with van der Waals surface area (Å²) in [5, 5.41) is 0. The molecule has 0 saturated carbocycles. The number of piperazine rings is 1. The molecule has 1 saturated heterocycles. The Labute approximate surface area is 200 Å². The van der Waals surface area contributed by atoms with Crippen molar-refractivity contribution in [3.05, 3.63) is 53.1 Å². The lowest BCUT2D eigenvalue weighted by molar-refractivity contribution is 0.114. The van der Waals surface area contributed by atoms with Gasteiger partial charge >= 0.3 is 0 Å². The van der Waals surface area contributed by atoms with Crippen LogP contribution in [0.25, 0.3) is 0 Å². The van der Waals surface area contributed by atoms with E-state index in [2.05, 4.69) is 68.6 Å². The smallest absolute Gasteiger partial charge is 0.0965 e. The Kier molecular flexibility index (Phi) is 8.85. The third kappa shape index (κ3) is 5.92. The van der Waals surface area contributed by atoms with E-state index in [9.17, 15) is 0 Å². The Morgan fingerprint density at radius 2 is 1.64 bits per heavy atom. The van der Waals surface area contributed by atoms with Gasteiger partial charge in [0.15, 0.2) is 0 Å². The summed E-state index contributed by atoms with van der Waals surface area (Å²) in [5.41, 5.74) is 5.88. The minimum Gasteiger partial charge on any atom is -0.375 e. The number of nitrogens with zero attached hydrogens (tertiary/aromatic N) is 4. The van der Waals surface area contributed by atoms with Crippen molar-refractivity contribution >= 4 is 5.69 Å². The molecule has 4 unspecified atom stereocenters. The van der Waals surface area contributed by atoms with E-state index in [4.69, 9.17) is 14.5 Å². The largest absolute Gasteiger partial charge is 0.375 e. The molecule has 0 aromatic carbocycles. The summed E-state index contributed by atoms with van der Waals surface area (Å²) in [4.78, 5) is 14.5. The topological polar surface area (TPSA) is 50.7 Å². The van der Waals surface area contributed by atoms with Crippen LogP contribution in [0.1, 0.15) is 87.6 Å². The van der Waals surface area contributed by atoms with E-state index in [-0.39, 0.29) is 12.2 Å². The highest BCUT2D eigenvalue weighted by atomic mass is 16.5. The molecule has 0 radical (unpaired) electrons. The van der Waals surface area contributed by atoms with Crippen molar-refractivity contribution in [1.29, 1.82) is 0 Å². The van der Waals surface area contributed by atoms with Gasteiger partial charge in [0.25, 0.3) is 0 Å². The Morgan fingerprint density at radius 1 is 0.970 bits per heavy atom. The Bertz CT molecular complexity index is 903. The zero-order valence-corrected chi connectivity index (χ0v) is 21.7. The van der Waals surface area contributed by atoms with Crippen molar-refractivity contribution in [1.82, 2.24) is 14.9 Å². The number of methoxy groups -OCH3 is 2. The van der Waals surface area contributed by atoms with E-state index in [1.54, 1.807) is 14.2 Å². The van der Waals surface area contributed by atoms with Gasteiger partial charge in [0.1, 0.15) is 0 Å². The Morgan fingerprint density at radius 3 is 2.27 bits per heavy atom. The molecule has 33 heavy (non-hydrogen) atoms. The van der Waals surface area contributed by atoms with Gasteiger partial charge in [-0.25, -0.2) is 0 Å². The van der Waals surface area contributed by atoms with Crippen molar-refractivity contribution in [3.63, 3.8) is 0 Å². The summed E-state index contributed by atoms with van der Waals surface area (Å²) in [6.07, 6.45) is 4.97. The molecule has 0 N–H and O–H groups in total. The van der Waals surface area contributed by atoms with Crippen LogP contribution in [0.2, 0.25) is 0 Å². The molecule has 2 aromatic heterocycles. The quantitative estimate of drug-likeness (QED) is 0.510. The van der Waals surface area contributed by atoms with Crippen LogP contribution < -0.4 is 4.90 Å². The van der Waals surface area contributed by atoms with Crippen molar-refractivity contribution in [3.8, 4) is 0 Å². The Balaban J connectivity index is 1.79. The number of anilines is 1. The van der Waals surface area contributed by atoms with E-state index in [1.165, 1.54) is 16.8 Å². The van der Waals surface area contributed by atoms with Crippen molar-refractivity contribution < 1.29 is 9.47 Å². The van der Waals surface area contributed by atoms with Gasteiger partial charge in [0.05, 0.1) is 35.5 Å². The van der Waals surface area contributed by atoms with Gasteiger partial charge in [-0.3, -0.25) is 14.9 Å². The minimum atomic E-state index is -0.00207. The standard InChI is InChI=1S/C27H42N4O2/c1-18(2)25-15-22(16-29-27(25)21(5)33-8)31-13-12-30(6)23(17-31)14-19(3)24-10-9-11-28-26(24)20(4)32-7/h9-11,15-16,18-21,23H,12-14,17H2,1-8H3. The molecule has 0 aliphatic carbocycles. The first kappa shape index (κ1) is 25.6. The van der Waals surface area contributed by atoms with Gasteiger partial charge in [-0.1, -0.05) is 26.8 Å². The zero-order chi connectivity index (χ0) is 24.1. The van der Waals surface area contributed by atoms with Crippen LogP contribution in [-0.2, 0) is 9.47 Å². The maximum atomic E-state index is 5.58. The molecule has 4 atom stereocenters. The number of ether oxygens (including phenoxy) is 2. The van der Waals surface area contributed by atoms with Gasteiger partial charge in [-0.05, 0) is 62.4 Å². The number of likely N-dealkylation sites (N-methyl/N-ethyl adjacent to an activating group) is 1. The van der Waals surface area contributed by atoms with Crippen molar-refractivity contribution in [2.75, 3.05) is 45.8 Å². The highest BCUT2D eigenvalue weighted by molar-refractivity contribution is 5.49. The first-order chi connectivity index (χ1) is 15.8. The summed E-state index contributed by atoms with van der Waals surface area (Å²) in [5.74, 6) is 0.799. The van der Waals surface area contributed by atoms with Gasteiger partial charge < -0.3 is 14.4 Å². The molecule has 0 bridgehead atoms. The number of rotatable bonds is 9.